The zero-order chi connectivity index (χ0) is 9.84. The van der Waals surface area contributed by atoms with E-state index < -0.39 is 0 Å². The van der Waals surface area contributed by atoms with Crippen LogP contribution >= 0.6 is 11.6 Å². The summed E-state index contributed by atoms with van der Waals surface area (Å²) in [5.41, 5.74) is 7.01. The molecular formula is C12H15Cl. The van der Waals surface area contributed by atoms with Crippen LogP contribution in [-0.4, -0.2) is 0 Å². The van der Waals surface area contributed by atoms with Crippen molar-refractivity contribution in [2.24, 2.45) is 0 Å². The third-order valence-electron chi connectivity index (χ3n) is 2.25. The Hall–Kier alpha value is -0.750. The van der Waals surface area contributed by atoms with Gasteiger partial charge in [0.15, 0.2) is 0 Å². The van der Waals surface area contributed by atoms with Gasteiger partial charge in [0.2, 0.25) is 0 Å². The Morgan fingerprint density at radius 2 is 1.69 bits per heavy atom. The fourth-order valence-corrected chi connectivity index (χ4v) is 1.78. The van der Waals surface area contributed by atoms with E-state index in [1.807, 2.05) is 6.08 Å². The quantitative estimate of drug-likeness (QED) is 0.670. The lowest BCUT2D eigenvalue weighted by Crippen LogP contribution is -1.92. The van der Waals surface area contributed by atoms with Crippen molar-refractivity contribution < 1.29 is 0 Å². The molecule has 1 heteroatoms. The molecule has 0 aliphatic heterocycles. The molecule has 0 fully saturated rings. The molecular weight excluding hydrogens is 180 g/mol. The van der Waals surface area contributed by atoms with Crippen molar-refractivity contribution in [3.8, 4) is 0 Å². The second kappa shape index (κ2) is 4.48. The fourth-order valence-electron chi connectivity index (χ4n) is 1.69. The Labute approximate surface area is 85.2 Å². The highest BCUT2D eigenvalue weighted by Gasteiger charge is 2.00. The van der Waals surface area contributed by atoms with Crippen molar-refractivity contribution in [2.75, 3.05) is 0 Å². The van der Waals surface area contributed by atoms with Crippen molar-refractivity contribution in [2.45, 2.75) is 27.2 Å². The zero-order valence-corrected chi connectivity index (χ0v) is 9.15. The molecule has 0 nitrogen and oxygen atoms in total. The molecule has 0 unspecified atom stereocenters. The van der Waals surface area contributed by atoms with Gasteiger partial charge in [-0.15, -0.1) is 0 Å². The molecule has 0 atom stereocenters. The molecule has 0 bridgehead atoms. The van der Waals surface area contributed by atoms with Crippen LogP contribution in [0.25, 0.3) is 0 Å². The van der Waals surface area contributed by atoms with Gasteiger partial charge in [0.05, 0.1) is 0 Å². The summed E-state index contributed by atoms with van der Waals surface area (Å²) in [6.07, 6.45) is 2.91. The van der Waals surface area contributed by atoms with Crippen LogP contribution in [-0.2, 0) is 6.42 Å². The Balaban J connectivity index is 3.05. The maximum absolute atomic E-state index is 5.51. The number of rotatable bonds is 2. The minimum Gasteiger partial charge on any atom is -0.0933 e. The third-order valence-corrected chi connectivity index (χ3v) is 2.43. The van der Waals surface area contributed by atoms with E-state index >= 15 is 0 Å². The number of aryl methyl sites for hydroxylation is 3. The molecule has 0 N–H and O–H groups in total. The number of halogens is 1. The minimum absolute atomic E-state index is 0.932. The van der Waals surface area contributed by atoms with Crippen molar-refractivity contribution >= 4 is 11.6 Å². The van der Waals surface area contributed by atoms with Crippen molar-refractivity contribution in [3.05, 3.63) is 46.0 Å². The largest absolute Gasteiger partial charge is 0.0933 e. The van der Waals surface area contributed by atoms with Crippen LogP contribution in [0.3, 0.4) is 0 Å². The van der Waals surface area contributed by atoms with E-state index in [1.54, 1.807) is 5.54 Å². The van der Waals surface area contributed by atoms with Crippen LogP contribution in [0.15, 0.2) is 23.7 Å². The highest BCUT2D eigenvalue weighted by molar-refractivity contribution is 6.25. The Morgan fingerprint density at radius 1 is 1.15 bits per heavy atom. The van der Waals surface area contributed by atoms with Crippen LogP contribution in [0.5, 0.6) is 0 Å². The van der Waals surface area contributed by atoms with E-state index in [2.05, 4.69) is 32.9 Å². The maximum atomic E-state index is 5.51. The summed E-state index contributed by atoms with van der Waals surface area (Å²) in [5, 5.41) is 0. The molecule has 0 radical (unpaired) electrons. The fraction of sp³-hybridized carbons (Fsp3) is 0.333. The Bertz CT molecular complexity index is 301. The lowest BCUT2D eigenvalue weighted by Gasteiger charge is -2.08. The predicted molar refractivity (Wildman–Crippen MR) is 59.4 cm³/mol. The monoisotopic (exact) mass is 194 g/mol. The normalized spacial score (nSPS) is 11.1. The summed E-state index contributed by atoms with van der Waals surface area (Å²) in [5.74, 6) is 0. The average molecular weight is 195 g/mol. The second-order valence-electron chi connectivity index (χ2n) is 3.44. The molecule has 0 spiro atoms. The third kappa shape index (κ3) is 2.60. The van der Waals surface area contributed by atoms with Crippen LogP contribution < -0.4 is 0 Å². The van der Waals surface area contributed by atoms with Gasteiger partial charge in [0.25, 0.3) is 0 Å². The average Bonchev–Trinajstić information content (AvgIpc) is 2.02. The van der Waals surface area contributed by atoms with Crippen molar-refractivity contribution in [1.82, 2.24) is 0 Å². The summed E-state index contributed by atoms with van der Waals surface area (Å²) in [4.78, 5) is 0. The summed E-state index contributed by atoms with van der Waals surface area (Å²) in [7, 11) is 0. The summed E-state index contributed by atoms with van der Waals surface area (Å²) in [6.45, 7) is 6.43. The Morgan fingerprint density at radius 3 is 2.15 bits per heavy atom. The lowest BCUT2D eigenvalue weighted by molar-refractivity contribution is 1.15. The first-order valence-corrected chi connectivity index (χ1v) is 4.90. The topological polar surface area (TPSA) is 0 Å². The molecule has 0 aromatic heterocycles. The molecule has 1 aromatic rings. The van der Waals surface area contributed by atoms with Gasteiger partial charge in [-0.25, -0.2) is 0 Å². The van der Waals surface area contributed by atoms with Gasteiger partial charge in [-0.3, -0.25) is 0 Å². The molecule has 0 aliphatic rings. The van der Waals surface area contributed by atoms with Crippen LogP contribution in [0.1, 0.15) is 22.3 Å². The molecule has 70 valence electrons. The summed E-state index contributed by atoms with van der Waals surface area (Å²) < 4.78 is 0. The van der Waals surface area contributed by atoms with E-state index in [9.17, 15) is 0 Å². The minimum atomic E-state index is 0.932. The molecule has 0 amide bonds. The maximum Gasteiger partial charge on any atom is 0.000580 e. The van der Waals surface area contributed by atoms with Crippen LogP contribution in [0, 0.1) is 20.8 Å². The first kappa shape index (κ1) is 10.3. The zero-order valence-electron chi connectivity index (χ0n) is 8.39. The number of benzene rings is 1. The highest BCUT2D eigenvalue weighted by Crippen LogP contribution is 2.17. The summed E-state index contributed by atoms with van der Waals surface area (Å²) >= 11 is 5.51. The number of hydrogen-bond acceptors (Lipinski definition) is 0. The van der Waals surface area contributed by atoms with Gasteiger partial charge in [0.1, 0.15) is 0 Å². The highest BCUT2D eigenvalue weighted by atomic mass is 35.5. The molecule has 0 saturated heterocycles. The van der Waals surface area contributed by atoms with E-state index in [0.29, 0.717) is 0 Å². The first-order chi connectivity index (χ1) is 6.15. The molecule has 1 rings (SSSR count). The van der Waals surface area contributed by atoms with E-state index in [0.717, 1.165) is 6.42 Å². The SMILES string of the molecule is Cc1cc(C)c(CC=CCl)c(C)c1. The van der Waals surface area contributed by atoms with Crippen LogP contribution in [0.4, 0.5) is 0 Å². The standard InChI is InChI=1S/C12H15Cl/c1-9-7-10(2)12(5-4-6-13)11(3)8-9/h4,6-8H,5H2,1-3H3. The molecule has 0 aliphatic carbocycles. The van der Waals surface area contributed by atoms with Gasteiger partial charge in [-0.05, 0) is 43.9 Å². The van der Waals surface area contributed by atoms with Gasteiger partial charge in [-0.1, -0.05) is 35.4 Å². The van der Waals surface area contributed by atoms with Gasteiger partial charge in [0, 0.05) is 5.54 Å². The van der Waals surface area contributed by atoms with Gasteiger partial charge >= 0.3 is 0 Å². The van der Waals surface area contributed by atoms with E-state index in [-0.39, 0.29) is 0 Å². The lowest BCUT2D eigenvalue weighted by atomic mass is 9.97. The Kier molecular flexibility index (Phi) is 3.56. The van der Waals surface area contributed by atoms with Crippen LogP contribution in [0.2, 0.25) is 0 Å². The smallest absolute Gasteiger partial charge is 0.000580 e. The predicted octanol–water partition coefficient (Wildman–Crippen LogP) is 3.91. The van der Waals surface area contributed by atoms with Crippen molar-refractivity contribution in [1.29, 1.82) is 0 Å². The molecule has 13 heavy (non-hydrogen) atoms. The molecule has 0 heterocycles. The first-order valence-electron chi connectivity index (χ1n) is 4.47. The van der Waals surface area contributed by atoms with E-state index in [4.69, 9.17) is 11.6 Å². The van der Waals surface area contributed by atoms with Gasteiger partial charge < -0.3 is 0 Å². The molecule has 1 aromatic carbocycles. The van der Waals surface area contributed by atoms with Crippen molar-refractivity contribution in [3.63, 3.8) is 0 Å². The van der Waals surface area contributed by atoms with E-state index in [1.165, 1.54) is 22.3 Å². The number of allylic oxidation sites excluding steroid dienone is 1. The molecule has 0 saturated carbocycles. The second-order valence-corrected chi connectivity index (χ2v) is 3.70. The summed E-state index contributed by atoms with van der Waals surface area (Å²) in [6, 6.07) is 4.43. The van der Waals surface area contributed by atoms with Gasteiger partial charge in [-0.2, -0.15) is 0 Å². The number of hydrogen-bond donors (Lipinski definition) is 0.